The lowest BCUT2D eigenvalue weighted by Crippen LogP contribution is -2.31. The van der Waals surface area contributed by atoms with E-state index in [1.165, 1.54) is 6.42 Å². The number of fused-ring (bicyclic) bond motifs is 1. The van der Waals surface area contributed by atoms with Gasteiger partial charge < -0.3 is 10.2 Å². The van der Waals surface area contributed by atoms with Crippen molar-refractivity contribution in [2.75, 3.05) is 26.0 Å². The fourth-order valence-corrected chi connectivity index (χ4v) is 2.59. The van der Waals surface area contributed by atoms with Gasteiger partial charge in [0.15, 0.2) is 5.82 Å². The van der Waals surface area contributed by atoms with Gasteiger partial charge in [-0.3, -0.25) is 5.10 Å². The predicted octanol–water partition coefficient (Wildman–Crippen LogP) is 3.34. The van der Waals surface area contributed by atoms with Crippen LogP contribution >= 0.6 is 0 Å². The maximum absolute atomic E-state index is 4.35. The Morgan fingerprint density at radius 2 is 2.00 bits per heavy atom. The third kappa shape index (κ3) is 3.73. The Kier molecular flexibility index (Phi) is 5.01. The molecular weight excluding hydrogens is 248 g/mol. The molecule has 2 rings (SSSR count). The second-order valence-corrected chi connectivity index (χ2v) is 6.08. The molecular formula is C16H26N4. The molecule has 110 valence electrons. The minimum atomic E-state index is 0.618. The van der Waals surface area contributed by atoms with Crippen LogP contribution in [0.15, 0.2) is 24.3 Å². The van der Waals surface area contributed by atoms with Crippen molar-refractivity contribution in [1.29, 1.82) is 0 Å². The van der Waals surface area contributed by atoms with Gasteiger partial charge in [0.05, 0.1) is 5.52 Å². The molecule has 0 aliphatic rings. The van der Waals surface area contributed by atoms with E-state index in [4.69, 9.17) is 0 Å². The van der Waals surface area contributed by atoms with Crippen molar-refractivity contribution >= 4 is 16.7 Å². The summed E-state index contributed by atoms with van der Waals surface area (Å²) in [7, 11) is 4.33. The molecule has 1 atom stereocenters. The van der Waals surface area contributed by atoms with Gasteiger partial charge in [-0.15, -0.1) is 0 Å². The molecule has 0 radical (unpaired) electrons. The maximum Gasteiger partial charge on any atom is 0.155 e. The van der Waals surface area contributed by atoms with Crippen LogP contribution < -0.4 is 5.32 Å². The quantitative estimate of drug-likeness (QED) is 0.814. The Morgan fingerprint density at radius 3 is 2.70 bits per heavy atom. The lowest BCUT2D eigenvalue weighted by atomic mass is 10.0. The number of aromatic nitrogens is 2. The zero-order chi connectivity index (χ0) is 14.5. The number of anilines is 1. The number of nitrogens with zero attached hydrogens (tertiary/aromatic N) is 2. The van der Waals surface area contributed by atoms with Crippen molar-refractivity contribution in [1.82, 2.24) is 15.1 Å². The van der Waals surface area contributed by atoms with Crippen molar-refractivity contribution in [3.63, 3.8) is 0 Å². The van der Waals surface area contributed by atoms with Crippen LogP contribution in [0.25, 0.3) is 10.9 Å². The fraction of sp³-hybridized carbons (Fsp3) is 0.562. The third-order valence-corrected chi connectivity index (χ3v) is 3.71. The lowest BCUT2D eigenvalue weighted by Gasteiger charge is -2.26. The normalized spacial score (nSPS) is 13.3. The van der Waals surface area contributed by atoms with E-state index in [1.807, 2.05) is 12.1 Å². The minimum absolute atomic E-state index is 0.618. The SMILES string of the molecule is CC(C)CC(CCNc1n[nH]c2ccccc12)N(C)C. The summed E-state index contributed by atoms with van der Waals surface area (Å²) in [4.78, 5) is 2.32. The van der Waals surface area contributed by atoms with Crippen molar-refractivity contribution in [2.24, 2.45) is 5.92 Å². The molecule has 0 saturated carbocycles. The Hall–Kier alpha value is -1.55. The topological polar surface area (TPSA) is 44.0 Å². The van der Waals surface area contributed by atoms with Gasteiger partial charge in [-0.2, -0.15) is 5.10 Å². The van der Waals surface area contributed by atoms with Crippen LogP contribution in [0.1, 0.15) is 26.7 Å². The molecule has 0 bridgehead atoms. The summed E-state index contributed by atoms with van der Waals surface area (Å²) < 4.78 is 0. The molecule has 4 heteroatoms. The second-order valence-electron chi connectivity index (χ2n) is 6.08. The van der Waals surface area contributed by atoms with Crippen LogP contribution in [0.2, 0.25) is 0 Å². The molecule has 1 aromatic heterocycles. The Balaban J connectivity index is 1.91. The average molecular weight is 274 g/mol. The number of hydrogen-bond acceptors (Lipinski definition) is 3. The van der Waals surface area contributed by atoms with E-state index >= 15 is 0 Å². The van der Waals surface area contributed by atoms with E-state index < -0.39 is 0 Å². The Morgan fingerprint density at radius 1 is 1.25 bits per heavy atom. The van der Waals surface area contributed by atoms with Crippen molar-refractivity contribution in [3.8, 4) is 0 Å². The van der Waals surface area contributed by atoms with Gasteiger partial charge in [-0.25, -0.2) is 0 Å². The highest BCUT2D eigenvalue weighted by Gasteiger charge is 2.13. The van der Waals surface area contributed by atoms with Crippen LogP contribution in [-0.4, -0.2) is 41.8 Å². The van der Waals surface area contributed by atoms with Gasteiger partial charge in [-0.1, -0.05) is 26.0 Å². The summed E-state index contributed by atoms with van der Waals surface area (Å²) in [5.41, 5.74) is 1.08. The summed E-state index contributed by atoms with van der Waals surface area (Å²) in [5.74, 6) is 1.69. The monoisotopic (exact) mass is 274 g/mol. The highest BCUT2D eigenvalue weighted by Crippen LogP contribution is 2.20. The van der Waals surface area contributed by atoms with E-state index in [2.05, 4.69) is 60.5 Å². The zero-order valence-corrected chi connectivity index (χ0v) is 13.0. The van der Waals surface area contributed by atoms with Gasteiger partial charge in [0, 0.05) is 18.0 Å². The lowest BCUT2D eigenvalue weighted by molar-refractivity contribution is 0.246. The number of benzene rings is 1. The number of nitrogens with one attached hydrogen (secondary N) is 2. The van der Waals surface area contributed by atoms with Crippen LogP contribution in [0.3, 0.4) is 0 Å². The highest BCUT2D eigenvalue weighted by molar-refractivity contribution is 5.89. The Bertz CT molecular complexity index is 530. The van der Waals surface area contributed by atoms with Gasteiger partial charge in [0.25, 0.3) is 0 Å². The molecule has 2 N–H and O–H groups in total. The molecule has 1 heterocycles. The molecule has 0 saturated heterocycles. The molecule has 4 nitrogen and oxygen atoms in total. The van der Waals surface area contributed by atoms with Crippen LogP contribution in [0.5, 0.6) is 0 Å². The van der Waals surface area contributed by atoms with Crippen LogP contribution in [0, 0.1) is 5.92 Å². The number of H-pyrrole nitrogens is 1. The number of hydrogen-bond donors (Lipinski definition) is 2. The molecule has 2 aromatic rings. The van der Waals surface area contributed by atoms with Crippen LogP contribution in [-0.2, 0) is 0 Å². The summed E-state index contributed by atoms with van der Waals surface area (Å²) in [6.45, 7) is 5.51. The molecule has 0 amide bonds. The third-order valence-electron chi connectivity index (χ3n) is 3.71. The molecule has 0 aliphatic carbocycles. The first-order valence-electron chi connectivity index (χ1n) is 7.41. The van der Waals surface area contributed by atoms with E-state index in [9.17, 15) is 0 Å². The first-order chi connectivity index (χ1) is 9.58. The van der Waals surface area contributed by atoms with Gasteiger partial charge >= 0.3 is 0 Å². The van der Waals surface area contributed by atoms with Gasteiger partial charge in [0.1, 0.15) is 0 Å². The molecule has 0 aliphatic heterocycles. The smallest absolute Gasteiger partial charge is 0.155 e. The molecule has 20 heavy (non-hydrogen) atoms. The van der Waals surface area contributed by atoms with Gasteiger partial charge in [0.2, 0.25) is 0 Å². The molecule has 1 unspecified atom stereocenters. The fourth-order valence-electron chi connectivity index (χ4n) is 2.59. The van der Waals surface area contributed by atoms with E-state index in [-0.39, 0.29) is 0 Å². The predicted molar refractivity (Wildman–Crippen MR) is 86.1 cm³/mol. The largest absolute Gasteiger partial charge is 0.368 e. The summed E-state index contributed by atoms with van der Waals surface area (Å²) in [6, 6.07) is 8.83. The van der Waals surface area contributed by atoms with E-state index in [0.29, 0.717) is 6.04 Å². The molecule has 0 fully saturated rings. The van der Waals surface area contributed by atoms with E-state index in [0.717, 1.165) is 35.6 Å². The number of rotatable bonds is 7. The molecule has 0 spiro atoms. The Labute approximate surface area is 121 Å². The first-order valence-corrected chi connectivity index (χ1v) is 7.41. The summed E-state index contributed by atoms with van der Waals surface area (Å²) in [6.07, 6.45) is 2.36. The molecule has 1 aromatic carbocycles. The van der Waals surface area contributed by atoms with Crippen molar-refractivity contribution in [3.05, 3.63) is 24.3 Å². The standard InChI is InChI=1S/C16H26N4/c1-12(2)11-13(20(3)4)9-10-17-16-14-7-5-6-8-15(14)18-19-16/h5-8,12-13H,9-11H2,1-4H3,(H2,17,18,19). The second kappa shape index (κ2) is 6.75. The van der Waals surface area contributed by atoms with E-state index in [1.54, 1.807) is 0 Å². The van der Waals surface area contributed by atoms with Crippen LogP contribution in [0.4, 0.5) is 5.82 Å². The number of para-hydroxylation sites is 1. The first kappa shape index (κ1) is 14.9. The van der Waals surface area contributed by atoms with Crippen molar-refractivity contribution in [2.45, 2.75) is 32.7 Å². The van der Waals surface area contributed by atoms with Gasteiger partial charge in [-0.05, 0) is 45.0 Å². The zero-order valence-electron chi connectivity index (χ0n) is 13.0. The summed E-state index contributed by atoms with van der Waals surface area (Å²) >= 11 is 0. The minimum Gasteiger partial charge on any atom is -0.368 e. The number of aromatic amines is 1. The summed E-state index contributed by atoms with van der Waals surface area (Å²) in [5, 5.41) is 12.0. The average Bonchev–Trinajstić information content (AvgIpc) is 2.80. The highest BCUT2D eigenvalue weighted by atomic mass is 15.2. The maximum atomic E-state index is 4.35. The van der Waals surface area contributed by atoms with Crippen molar-refractivity contribution < 1.29 is 0 Å².